The number of aliphatic hydroxyl groups is 1. The van der Waals surface area contributed by atoms with E-state index in [2.05, 4.69) is 0 Å². The Labute approximate surface area is 75.7 Å². The monoisotopic (exact) mass is 194 g/mol. The van der Waals surface area contributed by atoms with E-state index in [1.807, 2.05) is 13.8 Å². The minimum Gasteiger partial charge on any atom is -0.396 e. The van der Waals surface area contributed by atoms with Crippen LogP contribution >= 0.6 is 0 Å². The van der Waals surface area contributed by atoms with E-state index in [0.29, 0.717) is 12.3 Å². The maximum absolute atomic E-state index is 10.8. The fourth-order valence-electron chi connectivity index (χ4n) is 1.13. The Bertz CT molecular complexity index is 179. The van der Waals surface area contributed by atoms with Gasteiger partial charge in [0.2, 0.25) is 0 Å². The van der Waals surface area contributed by atoms with Crippen molar-refractivity contribution in [2.24, 2.45) is 11.8 Å². The molecule has 0 aromatic rings. The normalized spacial score (nSPS) is 16.8. The van der Waals surface area contributed by atoms with Crippen molar-refractivity contribution in [1.82, 2.24) is 0 Å². The van der Waals surface area contributed by atoms with E-state index in [-0.39, 0.29) is 17.8 Å². The fraction of sp³-hybridized carbons (Fsp3) is 1.00. The molecule has 4 heteroatoms. The Kier molecular flexibility index (Phi) is 5.50. The van der Waals surface area contributed by atoms with Crippen LogP contribution in [0.15, 0.2) is 0 Å². The van der Waals surface area contributed by atoms with Crippen molar-refractivity contribution in [3.05, 3.63) is 0 Å². The zero-order chi connectivity index (χ0) is 9.72. The maximum atomic E-state index is 10.8. The molecule has 12 heavy (non-hydrogen) atoms. The van der Waals surface area contributed by atoms with Gasteiger partial charge in [-0.05, 0) is 18.3 Å². The van der Waals surface area contributed by atoms with Gasteiger partial charge >= 0.3 is 0 Å². The summed E-state index contributed by atoms with van der Waals surface area (Å²) in [5, 5.41) is 8.43. The number of hydrogen-bond acceptors (Lipinski definition) is 3. The van der Waals surface area contributed by atoms with Crippen molar-refractivity contribution in [1.29, 1.82) is 0 Å². The smallest absolute Gasteiger partial charge is 0.143 e. The van der Waals surface area contributed by atoms with Crippen molar-refractivity contribution in [2.45, 2.75) is 32.4 Å². The molecular weight excluding hydrogens is 176 g/mol. The van der Waals surface area contributed by atoms with Crippen molar-refractivity contribution in [3.8, 4) is 0 Å². The van der Waals surface area contributed by atoms with E-state index >= 15 is 0 Å². The highest BCUT2D eigenvalue weighted by Gasteiger charge is 2.20. The average Bonchev–Trinajstić information content (AvgIpc) is 1.98. The predicted octanol–water partition coefficient (Wildman–Crippen LogP) is 0.641. The lowest BCUT2D eigenvalue weighted by Crippen LogP contribution is -2.24. The molecule has 74 valence electrons. The molecule has 0 aliphatic carbocycles. The van der Waals surface area contributed by atoms with Crippen LogP contribution in [0.4, 0.5) is 0 Å². The highest BCUT2D eigenvalue weighted by molar-refractivity contribution is 7.73. The van der Waals surface area contributed by atoms with E-state index in [0.717, 1.165) is 0 Å². The second-order valence-corrected chi connectivity index (χ2v) is 4.88. The van der Waals surface area contributed by atoms with Crippen molar-refractivity contribution < 1.29 is 13.5 Å². The first-order valence-corrected chi connectivity index (χ1v) is 5.48. The topological polar surface area (TPSA) is 54.4 Å². The van der Waals surface area contributed by atoms with E-state index in [4.69, 9.17) is 5.11 Å². The highest BCUT2D eigenvalue weighted by Crippen LogP contribution is 2.15. The van der Waals surface area contributed by atoms with Crippen molar-refractivity contribution >= 4 is 10.7 Å². The second kappa shape index (κ2) is 5.54. The Hall–Kier alpha value is -0.0900. The molecule has 0 rings (SSSR count). The molecule has 0 fully saturated rings. The van der Waals surface area contributed by atoms with Crippen LogP contribution in [0, 0.1) is 11.8 Å². The summed E-state index contributed by atoms with van der Waals surface area (Å²) in [4.78, 5) is 0. The summed E-state index contributed by atoms with van der Waals surface area (Å²) in [6, 6.07) is 0. The summed E-state index contributed by atoms with van der Waals surface area (Å²) in [5.74, 6) is 0.213. The number of thiol groups is 1. The van der Waals surface area contributed by atoms with Gasteiger partial charge in [0.25, 0.3) is 0 Å². The standard InChI is InChI=1S/C8H18O3S/c1-6(2)4-8(12(10)11)7(3)5-9/h6-9,12H,4-5H2,1-3H3/t7-,8?/m0/s1. The first-order chi connectivity index (χ1) is 5.49. The molecule has 0 aliphatic heterocycles. The van der Waals surface area contributed by atoms with Gasteiger partial charge in [0, 0.05) is 6.61 Å². The molecule has 0 spiro atoms. The van der Waals surface area contributed by atoms with Gasteiger partial charge in [-0.3, -0.25) is 0 Å². The molecule has 0 aromatic heterocycles. The first-order valence-electron chi connectivity index (χ1n) is 4.23. The molecule has 0 aliphatic rings. The lowest BCUT2D eigenvalue weighted by Gasteiger charge is -2.17. The number of hydrogen-bond donors (Lipinski definition) is 2. The molecule has 3 nitrogen and oxygen atoms in total. The summed E-state index contributed by atoms with van der Waals surface area (Å²) < 4.78 is 21.5. The lowest BCUT2D eigenvalue weighted by molar-refractivity contribution is 0.226. The first kappa shape index (κ1) is 11.9. The average molecular weight is 194 g/mol. The van der Waals surface area contributed by atoms with Gasteiger partial charge in [-0.15, -0.1) is 0 Å². The van der Waals surface area contributed by atoms with E-state index < -0.39 is 10.7 Å². The van der Waals surface area contributed by atoms with Gasteiger partial charge in [0.1, 0.15) is 10.7 Å². The summed E-state index contributed by atoms with van der Waals surface area (Å²) in [5.41, 5.74) is 0. The highest BCUT2D eigenvalue weighted by atomic mass is 32.2. The third-order valence-corrected chi connectivity index (χ3v) is 3.19. The maximum Gasteiger partial charge on any atom is 0.143 e. The van der Waals surface area contributed by atoms with Crippen LogP contribution < -0.4 is 0 Å². The summed E-state index contributed by atoms with van der Waals surface area (Å²) >= 11 is 0. The van der Waals surface area contributed by atoms with E-state index in [1.54, 1.807) is 6.92 Å². The lowest BCUT2D eigenvalue weighted by atomic mass is 9.99. The minimum absolute atomic E-state index is 0.0549. The Morgan fingerprint density at radius 2 is 1.75 bits per heavy atom. The predicted molar refractivity (Wildman–Crippen MR) is 49.8 cm³/mol. The summed E-state index contributed by atoms with van der Waals surface area (Å²) in [7, 11) is -2.40. The molecule has 0 bridgehead atoms. The summed E-state index contributed by atoms with van der Waals surface area (Å²) in [6.07, 6.45) is 0.639. The molecular formula is C8H18O3S. The van der Waals surface area contributed by atoms with Crippen molar-refractivity contribution in [3.63, 3.8) is 0 Å². The second-order valence-electron chi connectivity index (χ2n) is 3.64. The molecule has 0 aromatic carbocycles. The molecule has 1 unspecified atom stereocenters. The largest absolute Gasteiger partial charge is 0.396 e. The molecule has 0 amide bonds. The molecule has 0 saturated carbocycles. The Morgan fingerprint density at radius 1 is 1.25 bits per heavy atom. The zero-order valence-corrected chi connectivity index (χ0v) is 8.75. The summed E-state index contributed by atoms with van der Waals surface area (Å²) in [6.45, 7) is 5.67. The van der Waals surface area contributed by atoms with E-state index in [1.165, 1.54) is 0 Å². The molecule has 0 radical (unpaired) electrons. The van der Waals surface area contributed by atoms with Gasteiger partial charge in [-0.1, -0.05) is 20.8 Å². The van der Waals surface area contributed by atoms with Crippen LogP contribution in [0.1, 0.15) is 27.2 Å². The SMILES string of the molecule is CC(C)CC([C@@H](C)CO)[SH](=O)=O. The molecule has 0 heterocycles. The fourth-order valence-corrected chi connectivity index (χ4v) is 2.23. The van der Waals surface area contributed by atoms with Gasteiger partial charge in [0.15, 0.2) is 0 Å². The zero-order valence-electron chi connectivity index (χ0n) is 7.86. The van der Waals surface area contributed by atoms with Crippen LogP contribution in [-0.4, -0.2) is 25.4 Å². The van der Waals surface area contributed by atoms with Crippen LogP contribution in [0.2, 0.25) is 0 Å². The van der Waals surface area contributed by atoms with Crippen LogP contribution in [0.3, 0.4) is 0 Å². The molecule has 2 atom stereocenters. The third kappa shape index (κ3) is 4.07. The quantitative estimate of drug-likeness (QED) is 0.632. The molecule has 0 saturated heterocycles. The number of rotatable bonds is 5. The number of aliphatic hydroxyl groups excluding tert-OH is 1. The minimum atomic E-state index is -2.40. The van der Waals surface area contributed by atoms with Crippen LogP contribution in [-0.2, 0) is 10.7 Å². The molecule has 1 N–H and O–H groups in total. The van der Waals surface area contributed by atoms with Gasteiger partial charge in [-0.25, -0.2) is 8.42 Å². The third-order valence-electron chi connectivity index (χ3n) is 1.93. The van der Waals surface area contributed by atoms with Crippen molar-refractivity contribution in [2.75, 3.05) is 6.61 Å². The van der Waals surface area contributed by atoms with Gasteiger partial charge in [-0.2, -0.15) is 0 Å². The van der Waals surface area contributed by atoms with E-state index in [9.17, 15) is 8.42 Å². The Balaban J connectivity index is 4.23. The van der Waals surface area contributed by atoms with Crippen LogP contribution in [0.5, 0.6) is 0 Å². The van der Waals surface area contributed by atoms with Gasteiger partial charge in [0.05, 0.1) is 5.25 Å². The van der Waals surface area contributed by atoms with Gasteiger partial charge < -0.3 is 5.11 Å². The Morgan fingerprint density at radius 3 is 2.00 bits per heavy atom. The van der Waals surface area contributed by atoms with Crippen LogP contribution in [0.25, 0.3) is 0 Å².